The second-order valence-electron chi connectivity index (χ2n) is 14.0. The molecule has 0 unspecified atom stereocenters. The molecule has 0 N–H and O–H groups in total. The maximum absolute atomic E-state index is 8.49. The van der Waals surface area contributed by atoms with E-state index in [0.717, 1.165) is 0 Å². The first-order valence-electron chi connectivity index (χ1n) is 20.6. The van der Waals surface area contributed by atoms with Gasteiger partial charge in [-0.1, -0.05) is 243 Å². The molecule has 8 nitrogen and oxygen atoms in total. The second kappa shape index (κ2) is 30.0. The fraction of sp³-hybridized carbons (Fsp3) is 0.0769. The Balaban J connectivity index is 0.000000241. The molecule has 8 aromatic rings. The summed E-state index contributed by atoms with van der Waals surface area (Å²) in [4.78, 5) is 0. The van der Waals surface area contributed by atoms with E-state index in [1.54, 1.807) is 0 Å². The van der Waals surface area contributed by atoms with Gasteiger partial charge < -0.3 is 0 Å². The Labute approximate surface area is 413 Å². The molecule has 0 bridgehead atoms. The summed E-state index contributed by atoms with van der Waals surface area (Å²) in [6.45, 7) is 0. The van der Waals surface area contributed by atoms with Crippen molar-refractivity contribution >= 4 is 74.1 Å². The van der Waals surface area contributed by atoms with Crippen molar-refractivity contribution in [2.45, 2.75) is 0 Å². The Bertz CT molecular complexity index is 1980. The Morgan fingerprint density at radius 1 is 0.209 bits per heavy atom. The fourth-order valence-electron chi connectivity index (χ4n) is 6.89. The van der Waals surface area contributed by atoms with Crippen LogP contribution in [0.1, 0.15) is 0 Å². The van der Waals surface area contributed by atoms with Gasteiger partial charge in [-0.05, 0) is 98.8 Å². The van der Waals surface area contributed by atoms with Gasteiger partial charge in [0.1, 0.15) is 0 Å². The predicted molar refractivity (Wildman–Crippen MR) is 256 cm³/mol. The van der Waals surface area contributed by atoms with Crippen LogP contribution in [-0.2, 0) is 16.5 Å². The van der Waals surface area contributed by atoms with Crippen LogP contribution >= 0.6 is 31.7 Å². The number of halogens is 2. The van der Waals surface area contributed by atoms with Gasteiger partial charge in [0.05, 0.1) is 0 Å². The Morgan fingerprint density at radius 3 is 0.388 bits per heavy atom. The quantitative estimate of drug-likeness (QED) is 0.114. The van der Waals surface area contributed by atoms with E-state index in [1.165, 1.54) is 67.1 Å². The number of hydrogen-bond donors (Lipinski definition) is 0. The van der Waals surface area contributed by atoms with E-state index in [2.05, 4.69) is 243 Å². The molecule has 0 spiro atoms. The summed E-state index contributed by atoms with van der Waals surface area (Å²) >= 11 is 0. The zero-order valence-electron chi connectivity index (χ0n) is 36.0. The average molecular weight is 1050 g/mol. The largest absolute Gasteiger partial charge is 2.00 e. The summed E-state index contributed by atoms with van der Waals surface area (Å²) in [6, 6.07) is 88.4. The molecule has 15 heteroatoms. The summed E-state index contributed by atoms with van der Waals surface area (Å²) in [5.41, 5.74) is 0. The third-order valence-corrected chi connectivity index (χ3v) is 20.4. The van der Waals surface area contributed by atoms with Crippen LogP contribution < -0.4 is 79.7 Å². The summed E-state index contributed by atoms with van der Waals surface area (Å²) in [5.74, 6) is 0. The smallest absolute Gasteiger partial charge is 0.222 e. The Hall–Kier alpha value is -3.77. The SMILES string of the molecule is [Ni+2].[O-][Cl+3]([O-])([O-])[O-].[O-][Cl+3]([O-])([O-])[O-].c1ccc(P(CCP(c2ccccc2)c2ccccc2)c2ccccc2)cc1.c1ccc(P(CCP(c2ccccc2)c2ccccc2)c2ccccc2)cc1. The molecule has 0 saturated carbocycles. The maximum Gasteiger partial charge on any atom is 2.00 e. The molecule has 348 valence electrons. The molecule has 0 saturated heterocycles. The predicted octanol–water partition coefficient (Wildman–Crippen LogP) is 0.990. The minimum Gasteiger partial charge on any atom is -0.222 e. The zero-order valence-corrected chi connectivity index (χ0v) is 42.1. The molecular formula is C52H48Cl2NiO8P4. The van der Waals surface area contributed by atoms with Gasteiger partial charge in [0.25, 0.3) is 0 Å². The first kappa shape index (κ1) is 55.8. The van der Waals surface area contributed by atoms with E-state index in [1.807, 2.05) is 0 Å². The fourth-order valence-corrected chi connectivity index (χ4v) is 17.6. The molecule has 0 fully saturated rings. The van der Waals surface area contributed by atoms with Crippen LogP contribution in [-0.4, -0.2) is 24.6 Å². The average Bonchev–Trinajstić information content (AvgIpc) is 3.33. The van der Waals surface area contributed by atoms with Crippen LogP contribution in [0.4, 0.5) is 0 Å². The molecule has 0 amide bonds. The molecule has 8 aromatic carbocycles. The van der Waals surface area contributed by atoms with E-state index in [0.29, 0.717) is 0 Å². The molecule has 0 atom stereocenters. The van der Waals surface area contributed by atoms with E-state index < -0.39 is 20.5 Å². The van der Waals surface area contributed by atoms with Crippen molar-refractivity contribution in [3.63, 3.8) is 0 Å². The van der Waals surface area contributed by atoms with Gasteiger partial charge in [0.2, 0.25) is 0 Å². The molecule has 0 heterocycles. The molecule has 67 heavy (non-hydrogen) atoms. The summed E-state index contributed by atoms with van der Waals surface area (Å²) in [7, 11) is -11.3. The van der Waals surface area contributed by atoms with Crippen LogP contribution in [0.2, 0.25) is 0 Å². The molecular weight excluding hydrogens is 1010 g/mol. The molecule has 8 rings (SSSR count). The van der Waals surface area contributed by atoms with Gasteiger partial charge in [-0.15, -0.1) is 20.5 Å². The van der Waals surface area contributed by atoms with Crippen LogP contribution in [0.5, 0.6) is 0 Å². The second-order valence-corrected chi connectivity index (χ2v) is 24.9. The van der Waals surface area contributed by atoms with Crippen molar-refractivity contribution in [1.29, 1.82) is 0 Å². The standard InChI is InChI=1S/2C26H24P2.2ClHO4.Ni/c2*1-5-13-23(14-6-1)27(24-15-7-2-8-16-24)21-22-28(25-17-9-3-10-18-25)26-19-11-4-12-20-26;2*2-1(3,4)5;/h2*1-20H,21-22H2;2*(H,2,3,4,5);/q;;;;+2/p-2. The van der Waals surface area contributed by atoms with Crippen molar-refractivity contribution in [1.82, 2.24) is 0 Å². The normalized spacial score (nSPS) is 11.0. The first-order valence-corrected chi connectivity index (χ1v) is 29.2. The Kier molecular flexibility index (Phi) is 25.0. The molecule has 0 aliphatic heterocycles. The van der Waals surface area contributed by atoms with Gasteiger partial charge in [-0.3, -0.25) is 0 Å². The van der Waals surface area contributed by atoms with E-state index >= 15 is 0 Å². The van der Waals surface area contributed by atoms with E-state index in [9.17, 15) is 0 Å². The third kappa shape index (κ3) is 21.6. The van der Waals surface area contributed by atoms with Gasteiger partial charge in [-0.2, -0.15) is 0 Å². The van der Waals surface area contributed by atoms with Gasteiger partial charge >= 0.3 is 16.5 Å². The maximum atomic E-state index is 8.49. The van der Waals surface area contributed by atoms with E-state index in [-0.39, 0.29) is 48.2 Å². The van der Waals surface area contributed by atoms with Crippen molar-refractivity contribution in [2.75, 3.05) is 24.6 Å². The number of benzene rings is 8. The molecule has 0 radical (unpaired) electrons. The number of hydrogen-bond acceptors (Lipinski definition) is 8. The van der Waals surface area contributed by atoms with Gasteiger partial charge in [-0.25, -0.2) is 37.3 Å². The zero-order chi connectivity index (χ0) is 47.0. The molecule has 0 aliphatic rings. The number of rotatable bonds is 14. The monoisotopic (exact) mass is 1050 g/mol. The van der Waals surface area contributed by atoms with Gasteiger partial charge in [0.15, 0.2) is 0 Å². The first-order chi connectivity index (χ1) is 31.8. The van der Waals surface area contributed by atoms with Crippen LogP contribution in [0.3, 0.4) is 0 Å². The van der Waals surface area contributed by atoms with Crippen molar-refractivity contribution in [2.24, 2.45) is 0 Å². The van der Waals surface area contributed by atoms with Gasteiger partial charge in [0, 0.05) is 0 Å². The third-order valence-electron chi connectivity index (χ3n) is 9.64. The Morgan fingerprint density at radius 2 is 0.299 bits per heavy atom. The minimum absolute atomic E-state index is 0. The molecule has 0 aromatic heterocycles. The van der Waals surface area contributed by atoms with Crippen LogP contribution in [0.25, 0.3) is 0 Å². The molecule has 0 aliphatic carbocycles. The van der Waals surface area contributed by atoms with Crippen LogP contribution in [0, 0.1) is 20.5 Å². The summed E-state index contributed by atoms with van der Waals surface area (Å²) in [6.07, 6.45) is 4.83. The van der Waals surface area contributed by atoms with E-state index in [4.69, 9.17) is 37.3 Å². The van der Waals surface area contributed by atoms with Crippen LogP contribution in [0.15, 0.2) is 243 Å². The minimum atomic E-state index is -4.94. The summed E-state index contributed by atoms with van der Waals surface area (Å²) in [5, 5.41) is 11.8. The topological polar surface area (TPSA) is 184 Å². The summed E-state index contributed by atoms with van der Waals surface area (Å²) < 4.78 is 67.9. The van der Waals surface area contributed by atoms with Crippen molar-refractivity contribution < 1.29 is 74.2 Å². The van der Waals surface area contributed by atoms with Crippen molar-refractivity contribution in [3.05, 3.63) is 243 Å². The van der Waals surface area contributed by atoms with Crippen molar-refractivity contribution in [3.8, 4) is 0 Å².